The maximum Gasteiger partial charge on any atom is 0.435 e. The summed E-state index contributed by atoms with van der Waals surface area (Å²) in [6, 6.07) is 3.45. The highest BCUT2D eigenvalue weighted by molar-refractivity contribution is 6.30. The molecule has 40 heavy (non-hydrogen) atoms. The van der Waals surface area contributed by atoms with Crippen molar-refractivity contribution in [3.05, 3.63) is 69.0 Å². The Morgan fingerprint density at radius 3 is 2.23 bits per heavy atom. The largest absolute Gasteiger partial charge is 0.435 e. The average molecular weight is 608 g/mol. The molecule has 0 aromatic heterocycles. The predicted octanol–water partition coefficient (Wildman–Crippen LogP) is 5.80. The third kappa shape index (κ3) is 6.59. The first-order valence-corrected chi connectivity index (χ1v) is 11.2. The molecule has 1 atom stereocenters. The lowest BCUT2D eigenvalue weighted by Crippen LogP contribution is -2.43. The Morgan fingerprint density at radius 2 is 1.68 bits per heavy atom. The summed E-state index contributed by atoms with van der Waals surface area (Å²) in [6.45, 7) is -1.09. The number of hydrogen-bond donors (Lipinski definition) is 2. The van der Waals surface area contributed by atoms with E-state index in [1.807, 2.05) is 0 Å². The number of benzene rings is 2. The zero-order valence-corrected chi connectivity index (χ0v) is 20.6. The second kappa shape index (κ2) is 10.8. The van der Waals surface area contributed by atoms with E-state index in [4.69, 9.17) is 11.6 Å². The number of halogens is 11. The number of rotatable bonds is 6. The van der Waals surface area contributed by atoms with Crippen molar-refractivity contribution in [1.29, 1.82) is 0 Å². The highest BCUT2D eigenvalue weighted by Crippen LogP contribution is 2.51. The maximum absolute atomic E-state index is 14.7. The second-order valence-electron chi connectivity index (χ2n) is 8.55. The van der Waals surface area contributed by atoms with E-state index >= 15 is 0 Å². The van der Waals surface area contributed by atoms with Gasteiger partial charge in [-0.2, -0.15) is 39.5 Å². The summed E-state index contributed by atoms with van der Waals surface area (Å²) < 4.78 is 134. The molecule has 0 aliphatic carbocycles. The van der Waals surface area contributed by atoms with Crippen molar-refractivity contribution in [2.45, 2.75) is 37.5 Å². The van der Waals surface area contributed by atoms with Crippen molar-refractivity contribution in [2.24, 2.45) is 5.16 Å². The second-order valence-corrected chi connectivity index (χ2v) is 8.96. The van der Waals surface area contributed by atoms with E-state index < -0.39 is 83.1 Å². The van der Waals surface area contributed by atoms with Crippen molar-refractivity contribution in [3.63, 3.8) is 0 Å². The van der Waals surface area contributed by atoms with Crippen LogP contribution in [-0.2, 0) is 21.4 Å². The van der Waals surface area contributed by atoms with Crippen LogP contribution in [0.3, 0.4) is 0 Å². The summed E-state index contributed by atoms with van der Waals surface area (Å²) in [6.07, 6.45) is -16.5. The molecule has 0 saturated heterocycles. The van der Waals surface area contributed by atoms with Crippen LogP contribution in [0.2, 0.25) is 5.02 Å². The minimum absolute atomic E-state index is 0.0588. The van der Waals surface area contributed by atoms with E-state index in [1.165, 1.54) is 13.0 Å². The fourth-order valence-corrected chi connectivity index (χ4v) is 3.92. The van der Waals surface area contributed by atoms with E-state index in [0.29, 0.717) is 0 Å². The Morgan fingerprint density at radius 1 is 1.02 bits per heavy atom. The number of aryl methyl sites for hydroxylation is 1. The Balaban J connectivity index is 1.85. The molecule has 17 heteroatoms. The lowest BCUT2D eigenvalue weighted by Gasteiger charge is -2.30. The Hall–Kier alpha value is -3.56. The van der Waals surface area contributed by atoms with Crippen LogP contribution < -0.4 is 10.6 Å². The van der Waals surface area contributed by atoms with Gasteiger partial charge in [-0.1, -0.05) is 22.8 Å². The van der Waals surface area contributed by atoms with Gasteiger partial charge in [-0.3, -0.25) is 9.59 Å². The molecule has 3 rings (SSSR count). The predicted molar refractivity (Wildman–Crippen MR) is 119 cm³/mol. The molecule has 1 aliphatic heterocycles. The molecule has 2 N–H and O–H groups in total. The summed E-state index contributed by atoms with van der Waals surface area (Å²) in [5, 5.41) is 5.75. The quantitative estimate of drug-likeness (QED) is 0.408. The van der Waals surface area contributed by atoms with Crippen LogP contribution in [0.1, 0.15) is 39.0 Å². The molecule has 0 radical (unpaired) electrons. The van der Waals surface area contributed by atoms with E-state index in [0.717, 1.165) is 12.1 Å². The molecule has 2 aromatic rings. The molecular weight excluding hydrogens is 592 g/mol. The van der Waals surface area contributed by atoms with Crippen molar-refractivity contribution in [3.8, 4) is 0 Å². The van der Waals surface area contributed by atoms with Gasteiger partial charge in [0, 0.05) is 11.1 Å². The number of nitrogens with zero attached hydrogens (tertiary/aromatic N) is 1. The number of carbonyl (C=O) groups excluding carboxylic acids is 2. The van der Waals surface area contributed by atoms with Gasteiger partial charge in [-0.15, -0.1) is 0 Å². The van der Waals surface area contributed by atoms with Gasteiger partial charge in [0.05, 0.1) is 29.3 Å². The number of alkyl halides is 9. The summed E-state index contributed by atoms with van der Waals surface area (Å²) >= 11 is 5.47. The molecule has 6 nitrogen and oxygen atoms in total. The molecule has 1 aliphatic rings. The maximum atomic E-state index is 14.7. The van der Waals surface area contributed by atoms with Crippen LogP contribution in [0.15, 0.2) is 35.5 Å². The molecule has 218 valence electrons. The first-order valence-electron chi connectivity index (χ1n) is 10.9. The fraction of sp³-hybridized carbons (Fsp3) is 0.348. The van der Waals surface area contributed by atoms with Crippen LogP contribution in [0.5, 0.6) is 0 Å². The number of amides is 2. The summed E-state index contributed by atoms with van der Waals surface area (Å²) in [7, 11) is 0. The third-order valence-corrected chi connectivity index (χ3v) is 5.95. The molecular formula is C23H16ClF10N3O3. The highest BCUT2D eigenvalue weighted by atomic mass is 35.5. The van der Waals surface area contributed by atoms with Gasteiger partial charge < -0.3 is 15.5 Å². The van der Waals surface area contributed by atoms with Crippen molar-refractivity contribution in [1.82, 2.24) is 10.6 Å². The smallest absolute Gasteiger partial charge is 0.374 e. The minimum Gasteiger partial charge on any atom is -0.374 e. The van der Waals surface area contributed by atoms with E-state index in [-0.39, 0.29) is 28.8 Å². The summed E-state index contributed by atoms with van der Waals surface area (Å²) in [4.78, 5) is 28.4. The number of carbonyl (C=O) groups is 2. The number of nitrogens with one attached hydrogen (secondary N) is 2. The Bertz CT molecular complexity index is 1360. The van der Waals surface area contributed by atoms with Gasteiger partial charge in [0.25, 0.3) is 11.5 Å². The van der Waals surface area contributed by atoms with Gasteiger partial charge in [0.1, 0.15) is 12.4 Å². The van der Waals surface area contributed by atoms with Gasteiger partial charge in [-0.05, 0) is 42.3 Å². The van der Waals surface area contributed by atoms with Crippen LogP contribution in [-0.4, -0.2) is 43.0 Å². The third-order valence-electron chi connectivity index (χ3n) is 5.68. The number of oxime groups is 1. The van der Waals surface area contributed by atoms with E-state index in [9.17, 15) is 53.5 Å². The van der Waals surface area contributed by atoms with Gasteiger partial charge in [0.2, 0.25) is 5.91 Å². The number of hydrogen-bond acceptors (Lipinski definition) is 4. The van der Waals surface area contributed by atoms with Crippen LogP contribution in [0.25, 0.3) is 0 Å². The standard InChI is InChI=1S/C23H16ClF10N3O3/c1-10-4-11(2-3-13(10)19(39)35-8-17(38)36-9-21(26,27)28)16-7-20(40-37-16,23(32,33)34)14-5-12(22(29,30)31)6-15(24)18(14)25/h2-6H,7-9H2,1H3,(H,35,39)(H,36,38)/t20-/m0/s1. The monoisotopic (exact) mass is 607 g/mol. The Kier molecular flexibility index (Phi) is 8.35. The average Bonchev–Trinajstić information content (AvgIpc) is 3.28. The lowest BCUT2D eigenvalue weighted by molar-refractivity contribution is -0.276. The normalized spacial score (nSPS) is 17.8. The molecule has 0 spiro atoms. The fourth-order valence-electron chi connectivity index (χ4n) is 3.70. The molecule has 0 saturated carbocycles. The molecule has 0 unspecified atom stereocenters. The topological polar surface area (TPSA) is 79.8 Å². The molecule has 0 bridgehead atoms. The first kappa shape index (κ1) is 31.0. The van der Waals surface area contributed by atoms with E-state index in [1.54, 1.807) is 5.32 Å². The van der Waals surface area contributed by atoms with Gasteiger partial charge in [0.15, 0.2) is 0 Å². The van der Waals surface area contributed by atoms with Crippen molar-refractivity contribution < 1.29 is 58.3 Å². The Labute approximate surface area is 223 Å². The van der Waals surface area contributed by atoms with Crippen molar-refractivity contribution in [2.75, 3.05) is 13.1 Å². The first-order chi connectivity index (χ1) is 18.2. The zero-order chi connectivity index (χ0) is 30.3. The van der Waals surface area contributed by atoms with Gasteiger partial charge >= 0.3 is 18.5 Å². The van der Waals surface area contributed by atoms with Crippen LogP contribution in [0, 0.1) is 12.7 Å². The van der Waals surface area contributed by atoms with Gasteiger partial charge in [-0.25, -0.2) is 4.39 Å². The molecule has 2 amide bonds. The molecule has 0 fully saturated rings. The zero-order valence-electron chi connectivity index (χ0n) is 19.8. The summed E-state index contributed by atoms with van der Waals surface area (Å²) in [5.74, 6) is -3.82. The summed E-state index contributed by atoms with van der Waals surface area (Å²) in [5.41, 5.74) is -7.35. The van der Waals surface area contributed by atoms with E-state index in [2.05, 4.69) is 15.3 Å². The molecule has 1 heterocycles. The minimum atomic E-state index is -5.46. The lowest BCUT2D eigenvalue weighted by atomic mass is 9.85. The van der Waals surface area contributed by atoms with Crippen molar-refractivity contribution >= 4 is 29.1 Å². The van der Waals surface area contributed by atoms with Crippen LogP contribution in [0.4, 0.5) is 43.9 Å². The van der Waals surface area contributed by atoms with Crippen LogP contribution >= 0.6 is 11.6 Å². The highest BCUT2D eigenvalue weighted by Gasteiger charge is 2.64. The SMILES string of the molecule is Cc1cc(C2=NO[C@@](c3cc(C(F)(F)F)cc(Cl)c3F)(C(F)(F)F)C2)ccc1C(=O)NCC(=O)NCC(F)(F)F. The molecule has 2 aromatic carbocycles.